The summed E-state index contributed by atoms with van der Waals surface area (Å²) in [5.41, 5.74) is 1.89. The predicted molar refractivity (Wildman–Crippen MR) is 135 cm³/mol. The molecule has 1 aliphatic rings. The number of halogens is 1. The number of hydrogen-bond donors (Lipinski definition) is 0. The van der Waals surface area contributed by atoms with Crippen molar-refractivity contribution in [2.24, 2.45) is 0 Å². The van der Waals surface area contributed by atoms with Gasteiger partial charge in [0.25, 0.3) is 5.91 Å². The Kier molecular flexibility index (Phi) is 6.36. The molecule has 0 N–H and O–H groups in total. The fourth-order valence-corrected chi connectivity index (χ4v) is 4.96. The molecule has 178 valence electrons. The van der Waals surface area contributed by atoms with Gasteiger partial charge in [0.2, 0.25) is 5.91 Å². The molecule has 4 aromatic rings. The molecule has 1 aromatic heterocycles. The molecule has 0 bridgehead atoms. The number of carbonyl (C=O) groups excluding carboxylic acids is 2. The fraction of sp³-hybridized carbons (Fsp3) is 0.241. The van der Waals surface area contributed by atoms with Crippen LogP contribution in [0, 0.1) is 5.82 Å². The maximum Gasteiger partial charge on any atom is 0.254 e. The number of nitrogens with zero attached hydrogens (tertiary/aromatic N) is 3. The molecule has 0 saturated heterocycles. The summed E-state index contributed by atoms with van der Waals surface area (Å²) >= 11 is 0. The predicted octanol–water partition coefficient (Wildman–Crippen LogP) is 5.26. The third-order valence-electron chi connectivity index (χ3n) is 6.66. The molecule has 0 saturated carbocycles. The van der Waals surface area contributed by atoms with E-state index in [0.717, 1.165) is 22.9 Å². The largest absolute Gasteiger partial charge is 0.348 e. The molecular weight excluding hydrogens is 441 g/mol. The van der Waals surface area contributed by atoms with Gasteiger partial charge >= 0.3 is 0 Å². The maximum atomic E-state index is 14.9. The zero-order valence-corrected chi connectivity index (χ0v) is 19.7. The summed E-state index contributed by atoms with van der Waals surface area (Å²) in [6.07, 6.45) is 2.68. The van der Waals surface area contributed by atoms with Crippen LogP contribution in [0.3, 0.4) is 0 Å². The lowest BCUT2D eigenvalue weighted by molar-refractivity contribution is -0.134. The van der Waals surface area contributed by atoms with Gasteiger partial charge in [-0.25, -0.2) is 4.39 Å². The number of aromatic nitrogens is 1. The van der Waals surface area contributed by atoms with Gasteiger partial charge in [0, 0.05) is 42.7 Å². The van der Waals surface area contributed by atoms with Crippen LogP contribution in [0.5, 0.6) is 0 Å². The van der Waals surface area contributed by atoms with Crippen LogP contribution in [0.25, 0.3) is 10.8 Å². The van der Waals surface area contributed by atoms with Crippen molar-refractivity contribution in [1.29, 1.82) is 0 Å². The molecule has 5 nitrogen and oxygen atoms in total. The number of hydrogen-bond acceptors (Lipinski definition) is 2. The molecular formula is C29H28FN3O2. The first kappa shape index (κ1) is 22.8. The van der Waals surface area contributed by atoms with Gasteiger partial charge in [-0.15, -0.1) is 0 Å². The topological polar surface area (TPSA) is 45.6 Å². The Bertz CT molecular complexity index is 1380. The molecule has 0 radical (unpaired) electrons. The summed E-state index contributed by atoms with van der Waals surface area (Å²) in [5, 5.41) is 2.05. The highest BCUT2D eigenvalue weighted by atomic mass is 19.1. The van der Waals surface area contributed by atoms with Gasteiger partial charge in [-0.3, -0.25) is 9.59 Å². The van der Waals surface area contributed by atoms with Gasteiger partial charge in [0.1, 0.15) is 18.4 Å². The summed E-state index contributed by atoms with van der Waals surface area (Å²) in [7, 11) is 0. The Morgan fingerprint density at radius 1 is 0.943 bits per heavy atom. The zero-order chi connectivity index (χ0) is 24.4. The lowest BCUT2D eigenvalue weighted by Gasteiger charge is -2.38. The molecule has 5 rings (SSSR count). The smallest absolute Gasteiger partial charge is 0.254 e. The number of benzene rings is 3. The number of carbonyl (C=O) groups is 2. The average Bonchev–Trinajstić information content (AvgIpc) is 3.36. The van der Waals surface area contributed by atoms with Crippen molar-refractivity contribution >= 4 is 22.6 Å². The van der Waals surface area contributed by atoms with Gasteiger partial charge in [0.05, 0.1) is 0 Å². The second-order valence-corrected chi connectivity index (χ2v) is 8.93. The van der Waals surface area contributed by atoms with Crippen LogP contribution in [0.15, 0.2) is 85.1 Å². The number of amides is 2. The second kappa shape index (κ2) is 9.74. The van der Waals surface area contributed by atoms with Crippen LogP contribution in [0.4, 0.5) is 4.39 Å². The normalized spacial score (nSPS) is 15.1. The van der Waals surface area contributed by atoms with E-state index in [2.05, 4.69) is 4.57 Å². The molecule has 1 unspecified atom stereocenters. The highest BCUT2D eigenvalue weighted by Gasteiger charge is 2.34. The van der Waals surface area contributed by atoms with Crippen molar-refractivity contribution in [2.75, 3.05) is 19.6 Å². The molecule has 1 atom stereocenters. The number of rotatable bonds is 6. The summed E-state index contributed by atoms with van der Waals surface area (Å²) in [6, 6.07) is 23.4. The maximum absolute atomic E-state index is 14.9. The Morgan fingerprint density at radius 3 is 2.51 bits per heavy atom. The van der Waals surface area contributed by atoms with Crippen LogP contribution in [-0.2, 0) is 11.3 Å². The standard InChI is InChI=1S/C29H28FN3O2/c1-2-15-32(29(35)23-14-13-21-8-3-4-9-22(21)19-23)20-27(34)33-18-17-31-16-7-12-26(31)28(33)24-10-5-6-11-25(24)30/h3-14,16,19,28H,2,15,17-18,20H2,1H3. The van der Waals surface area contributed by atoms with Crippen LogP contribution in [0.2, 0.25) is 0 Å². The Morgan fingerprint density at radius 2 is 1.71 bits per heavy atom. The van der Waals surface area contributed by atoms with E-state index >= 15 is 0 Å². The van der Waals surface area contributed by atoms with Gasteiger partial charge in [-0.2, -0.15) is 0 Å². The molecule has 6 heteroatoms. The third-order valence-corrected chi connectivity index (χ3v) is 6.66. The summed E-state index contributed by atoms with van der Waals surface area (Å²) in [5.74, 6) is -0.704. The van der Waals surface area contributed by atoms with Gasteiger partial charge in [-0.05, 0) is 47.5 Å². The lowest BCUT2D eigenvalue weighted by atomic mass is 9.99. The summed E-state index contributed by atoms with van der Waals surface area (Å²) in [4.78, 5) is 30.4. The van der Waals surface area contributed by atoms with Crippen molar-refractivity contribution < 1.29 is 14.0 Å². The average molecular weight is 470 g/mol. The molecule has 0 fully saturated rings. The first-order valence-electron chi connectivity index (χ1n) is 12.0. The SMILES string of the molecule is CCCN(CC(=O)N1CCn2cccc2C1c1ccccc1F)C(=O)c1ccc2ccccc2c1. The molecule has 0 aliphatic carbocycles. The van der Waals surface area contributed by atoms with Gasteiger partial charge < -0.3 is 14.4 Å². The van der Waals surface area contributed by atoms with Crippen LogP contribution < -0.4 is 0 Å². The molecule has 0 spiro atoms. The minimum absolute atomic E-state index is 0.0504. The molecule has 2 heterocycles. The highest BCUT2D eigenvalue weighted by Crippen LogP contribution is 2.34. The van der Waals surface area contributed by atoms with E-state index in [-0.39, 0.29) is 24.2 Å². The molecule has 1 aliphatic heterocycles. The van der Waals surface area contributed by atoms with Crippen LogP contribution in [-0.4, -0.2) is 45.8 Å². The van der Waals surface area contributed by atoms with Crippen molar-refractivity contribution in [3.05, 3.63) is 108 Å². The molecule has 2 amide bonds. The Labute approximate surface area is 204 Å². The van der Waals surface area contributed by atoms with E-state index in [9.17, 15) is 14.0 Å². The van der Waals surface area contributed by atoms with Gasteiger partial charge in [-0.1, -0.05) is 55.5 Å². The number of fused-ring (bicyclic) bond motifs is 2. The molecule has 35 heavy (non-hydrogen) atoms. The Hall–Kier alpha value is -3.93. The quantitative estimate of drug-likeness (QED) is 0.387. The van der Waals surface area contributed by atoms with E-state index in [4.69, 9.17) is 0 Å². The highest BCUT2D eigenvalue weighted by molar-refractivity contribution is 6.00. The van der Waals surface area contributed by atoms with E-state index in [0.29, 0.717) is 30.8 Å². The van der Waals surface area contributed by atoms with E-state index in [1.807, 2.05) is 67.7 Å². The van der Waals surface area contributed by atoms with Crippen molar-refractivity contribution in [2.45, 2.75) is 25.9 Å². The minimum atomic E-state index is -0.535. The molecule has 3 aromatic carbocycles. The lowest BCUT2D eigenvalue weighted by Crippen LogP contribution is -2.48. The van der Waals surface area contributed by atoms with Crippen LogP contribution >= 0.6 is 0 Å². The fourth-order valence-electron chi connectivity index (χ4n) is 4.96. The Balaban J connectivity index is 1.43. The summed E-state index contributed by atoms with van der Waals surface area (Å²) < 4.78 is 16.9. The van der Waals surface area contributed by atoms with Crippen molar-refractivity contribution in [1.82, 2.24) is 14.4 Å². The summed E-state index contributed by atoms with van der Waals surface area (Å²) in [6.45, 7) is 3.48. The first-order chi connectivity index (χ1) is 17.1. The van der Waals surface area contributed by atoms with Gasteiger partial charge in [0.15, 0.2) is 0 Å². The van der Waals surface area contributed by atoms with Crippen molar-refractivity contribution in [3.63, 3.8) is 0 Å². The first-order valence-corrected chi connectivity index (χ1v) is 12.0. The van der Waals surface area contributed by atoms with E-state index in [1.165, 1.54) is 6.07 Å². The second-order valence-electron chi connectivity index (χ2n) is 8.93. The van der Waals surface area contributed by atoms with Crippen LogP contribution in [0.1, 0.15) is 41.0 Å². The monoisotopic (exact) mass is 469 g/mol. The third kappa shape index (κ3) is 4.44. The zero-order valence-electron chi connectivity index (χ0n) is 19.7. The van der Waals surface area contributed by atoms with E-state index in [1.54, 1.807) is 28.0 Å². The van der Waals surface area contributed by atoms with Crippen molar-refractivity contribution in [3.8, 4) is 0 Å². The minimum Gasteiger partial charge on any atom is -0.348 e. The van der Waals surface area contributed by atoms with E-state index < -0.39 is 6.04 Å².